The summed E-state index contributed by atoms with van der Waals surface area (Å²) >= 11 is 0. The highest BCUT2D eigenvalue weighted by molar-refractivity contribution is 5.68. The van der Waals surface area contributed by atoms with E-state index < -0.39 is 5.60 Å². The van der Waals surface area contributed by atoms with Crippen LogP contribution in [0.1, 0.15) is 105 Å². The summed E-state index contributed by atoms with van der Waals surface area (Å²) in [5.41, 5.74) is -0.434. The number of rotatable bonds is 14. The molecule has 1 rings (SSSR count). The van der Waals surface area contributed by atoms with Crippen LogP contribution in [-0.4, -0.2) is 67.4 Å². The van der Waals surface area contributed by atoms with Crippen molar-refractivity contribution >= 4 is 6.09 Å². The Balaban J connectivity index is 2.00. The van der Waals surface area contributed by atoms with E-state index in [1.54, 1.807) is 4.90 Å². The van der Waals surface area contributed by atoms with Crippen molar-refractivity contribution in [2.24, 2.45) is 0 Å². The van der Waals surface area contributed by atoms with E-state index in [9.17, 15) is 4.79 Å². The number of hydrogen-bond acceptors (Lipinski definition) is 4. The Bertz CT molecular complexity index is 442. The molecule has 1 aliphatic rings. The molecule has 0 spiro atoms. The van der Waals surface area contributed by atoms with Crippen LogP contribution in [0, 0.1) is 0 Å². The molecule has 0 aromatic rings. The number of amides is 1. The van der Waals surface area contributed by atoms with Gasteiger partial charge in [0.25, 0.3) is 0 Å². The molecule has 1 amide bonds. The maximum atomic E-state index is 12.2. The van der Waals surface area contributed by atoms with Crippen LogP contribution in [0.4, 0.5) is 4.79 Å². The first-order chi connectivity index (χ1) is 14.2. The maximum Gasteiger partial charge on any atom is 0.410 e. The molecule has 1 aliphatic carbocycles. The fourth-order valence-corrected chi connectivity index (χ4v) is 4.09. The van der Waals surface area contributed by atoms with E-state index >= 15 is 0 Å². The van der Waals surface area contributed by atoms with Gasteiger partial charge in [-0.2, -0.15) is 0 Å². The van der Waals surface area contributed by atoms with Crippen molar-refractivity contribution in [3.8, 4) is 0 Å². The minimum atomic E-state index is -0.434. The molecule has 0 bridgehead atoms. The molecule has 5 heteroatoms. The van der Waals surface area contributed by atoms with Crippen LogP contribution in [0.15, 0.2) is 0 Å². The van der Waals surface area contributed by atoms with Gasteiger partial charge in [-0.25, -0.2) is 4.79 Å². The molecule has 0 N–H and O–H groups in total. The standard InChI is InChI=1S/C25H50N2O3/c1-7-8-12-19-26(5)20-13-10-9-11-14-21-29-23-17-15-22(16-18-23)27(6)24(28)30-25(2,3)4/h22-23H,7-21H2,1-6H3/t22-,23-. The maximum absolute atomic E-state index is 12.2. The Morgan fingerprint density at radius 2 is 1.43 bits per heavy atom. The van der Waals surface area contributed by atoms with E-state index in [1.165, 1.54) is 64.5 Å². The second-order valence-corrected chi connectivity index (χ2v) is 10.2. The quantitative estimate of drug-likeness (QED) is 0.308. The predicted octanol–water partition coefficient (Wildman–Crippen LogP) is 6.25. The van der Waals surface area contributed by atoms with E-state index in [1.807, 2.05) is 27.8 Å². The lowest BCUT2D eigenvalue weighted by molar-refractivity contribution is -0.00582. The Morgan fingerprint density at radius 1 is 0.867 bits per heavy atom. The fourth-order valence-electron chi connectivity index (χ4n) is 4.09. The van der Waals surface area contributed by atoms with Gasteiger partial charge in [0.05, 0.1) is 6.10 Å². The zero-order valence-corrected chi connectivity index (χ0v) is 20.9. The number of hydrogen-bond donors (Lipinski definition) is 0. The summed E-state index contributed by atoms with van der Waals surface area (Å²) in [5.74, 6) is 0. The Kier molecular flexibility index (Phi) is 13.7. The van der Waals surface area contributed by atoms with Gasteiger partial charge in [0.2, 0.25) is 0 Å². The molecule has 30 heavy (non-hydrogen) atoms. The van der Waals surface area contributed by atoms with Gasteiger partial charge < -0.3 is 19.3 Å². The lowest BCUT2D eigenvalue weighted by atomic mass is 9.92. The first-order valence-electron chi connectivity index (χ1n) is 12.5. The highest BCUT2D eigenvalue weighted by Gasteiger charge is 2.29. The van der Waals surface area contributed by atoms with Gasteiger partial charge in [0.1, 0.15) is 5.60 Å². The first-order valence-corrected chi connectivity index (χ1v) is 12.5. The van der Waals surface area contributed by atoms with Gasteiger partial charge in [-0.1, -0.05) is 39.0 Å². The molecule has 1 fully saturated rings. The third-order valence-electron chi connectivity index (χ3n) is 6.05. The van der Waals surface area contributed by atoms with Crippen LogP contribution in [0.25, 0.3) is 0 Å². The minimum absolute atomic E-state index is 0.209. The number of carbonyl (C=O) groups excluding carboxylic acids is 1. The van der Waals surface area contributed by atoms with Crippen molar-refractivity contribution < 1.29 is 14.3 Å². The fraction of sp³-hybridized carbons (Fsp3) is 0.960. The second kappa shape index (κ2) is 15.1. The summed E-state index contributed by atoms with van der Waals surface area (Å²) in [6, 6.07) is 0.278. The summed E-state index contributed by atoms with van der Waals surface area (Å²) < 4.78 is 11.6. The van der Waals surface area contributed by atoms with E-state index in [-0.39, 0.29) is 12.1 Å². The van der Waals surface area contributed by atoms with E-state index in [2.05, 4.69) is 18.9 Å². The highest BCUT2D eigenvalue weighted by atomic mass is 16.6. The number of unbranched alkanes of at least 4 members (excludes halogenated alkanes) is 6. The Morgan fingerprint density at radius 3 is 2.03 bits per heavy atom. The summed E-state index contributed by atoms with van der Waals surface area (Å²) in [7, 11) is 4.12. The molecular formula is C25H50N2O3. The first kappa shape index (κ1) is 27.2. The number of carbonyl (C=O) groups is 1. The lowest BCUT2D eigenvalue weighted by Crippen LogP contribution is -2.43. The van der Waals surface area contributed by atoms with Crippen LogP contribution in [0.5, 0.6) is 0 Å². The Hall–Kier alpha value is -0.810. The lowest BCUT2D eigenvalue weighted by Gasteiger charge is -2.35. The third-order valence-corrected chi connectivity index (χ3v) is 6.05. The number of nitrogens with zero attached hydrogens (tertiary/aromatic N) is 2. The smallest absolute Gasteiger partial charge is 0.410 e. The number of ether oxygens (including phenoxy) is 2. The largest absolute Gasteiger partial charge is 0.444 e. The predicted molar refractivity (Wildman–Crippen MR) is 126 cm³/mol. The molecule has 0 heterocycles. The minimum Gasteiger partial charge on any atom is -0.444 e. The topological polar surface area (TPSA) is 42.0 Å². The molecule has 0 unspecified atom stereocenters. The van der Waals surface area contributed by atoms with Gasteiger partial charge in [-0.05, 0) is 85.9 Å². The van der Waals surface area contributed by atoms with Crippen molar-refractivity contribution in [1.29, 1.82) is 0 Å². The SMILES string of the molecule is CCCCCN(C)CCCCCCCO[C@H]1CC[C@H](N(C)C(=O)OC(C)(C)C)CC1. The van der Waals surface area contributed by atoms with E-state index in [0.717, 1.165) is 32.3 Å². The van der Waals surface area contributed by atoms with Crippen LogP contribution in [-0.2, 0) is 9.47 Å². The van der Waals surface area contributed by atoms with Gasteiger partial charge in [0.15, 0.2) is 0 Å². The average molecular weight is 427 g/mol. The monoisotopic (exact) mass is 426 g/mol. The third kappa shape index (κ3) is 12.8. The molecule has 0 aliphatic heterocycles. The van der Waals surface area contributed by atoms with Gasteiger partial charge >= 0.3 is 6.09 Å². The normalized spacial score (nSPS) is 19.8. The zero-order valence-electron chi connectivity index (χ0n) is 20.9. The summed E-state index contributed by atoms with van der Waals surface area (Å²) in [4.78, 5) is 16.5. The van der Waals surface area contributed by atoms with Gasteiger partial charge in [-0.15, -0.1) is 0 Å². The zero-order chi connectivity index (χ0) is 22.4. The summed E-state index contributed by atoms with van der Waals surface area (Å²) in [5, 5.41) is 0. The molecule has 0 aromatic carbocycles. The molecule has 178 valence electrons. The molecular weight excluding hydrogens is 376 g/mol. The molecule has 0 radical (unpaired) electrons. The average Bonchev–Trinajstić information content (AvgIpc) is 2.68. The van der Waals surface area contributed by atoms with Crippen molar-refractivity contribution in [2.45, 2.75) is 122 Å². The Labute approximate surface area is 186 Å². The molecule has 0 aromatic heterocycles. The van der Waals surface area contributed by atoms with Crippen molar-refractivity contribution in [1.82, 2.24) is 9.80 Å². The summed E-state index contributed by atoms with van der Waals surface area (Å²) in [6.07, 6.45) is 14.7. The molecule has 1 saturated carbocycles. The highest BCUT2D eigenvalue weighted by Crippen LogP contribution is 2.26. The van der Waals surface area contributed by atoms with Crippen LogP contribution in [0.2, 0.25) is 0 Å². The van der Waals surface area contributed by atoms with Crippen molar-refractivity contribution in [3.05, 3.63) is 0 Å². The summed E-state index contributed by atoms with van der Waals surface area (Å²) in [6.45, 7) is 11.4. The van der Waals surface area contributed by atoms with Crippen molar-refractivity contribution in [2.75, 3.05) is 33.8 Å². The van der Waals surface area contributed by atoms with Crippen LogP contribution < -0.4 is 0 Å². The molecule has 0 saturated heterocycles. The van der Waals surface area contributed by atoms with E-state index in [0.29, 0.717) is 6.10 Å². The van der Waals surface area contributed by atoms with E-state index in [4.69, 9.17) is 9.47 Å². The molecule has 5 nitrogen and oxygen atoms in total. The second-order valence-electron chi connectivity index (χ2n) is 10.2. The van der Waals surface area contributed by atoms with Crippen LogP contribution in [0.3, 0.4) is 0 Å². The van der Waals surface area contributed by atoms with Gasteiger partial charge in [0, 0.05) is 19.7 Å². The van der Waals surface area contributed by atoms with Crippen molar-refractivity contribution in [3.63, 3.8) is 0 Å². The van der Waals surface area contributed by atoms with Crippen LogP contribution >= 0.6 is 0 Å². The van der Waals surface area contributed by atoms with Gasteiger partial charge in [-0.3, -0.25) is 0 Å². The molecule has 0 atom stereocenters.